The van der Waals surface area contributed by atoms with Gasteiger partial charge in [-0.3, -0.25) is 14.7 Å². The first-order chi connectivity index (χ1) is 11.2. The lowest BCUT2D eigenvalue weighted by atomic mass is 9.91. The Kier molecular flexibility index (Phi) is 3.48. The van der Waals surface area contributed by atoms with Crippen LogP contribution in [0.3, 0.4) is 0 Å². The summed E-state index contributed by atoms with van der Waals surface area (Å²) in [7, 11) is 0. The van der Waals surface area contributed by atoms with E-state index in [0.717, 1.165) is 55.6 Å². The molecule has 0 radical (unpaired) electrons. The van der Waals surface area contributed by atoms with Crippen LogP contribution in [0, 0.1) is 0 Å². The molecule has 2 aromatic heterocycles. The average molecular weight is 313 g/mol. The highest BCUT2D eigenvalue weighted by Gasteiger charge is 2.34. The Bertz CT molecular complexity index is 780. The zero-order valence-electron chi connectivity index (χ0n) is 12.8. The van der Waals surface area contributed by atoms with Crippen LogP contribution in [0.25, 0.3) is 0 Å². The fourth-order valence-corrected chi connectivity index (χ4v) is 3.76. The monoisotopic (exact) mass is 313 g/mol. The van der Waals surface area contributed by atoms with Gasteiger partial charge in [0.2, 0.25) is 5.56 Å². The van der Waals surface area contributed by atoms with Crippen LogP contribution in [0.4, 0.5) is 0 Å². The summed E-state index contributed by atoms with van der Waals surface area (Å²) < 4.78 is 0. The smallest absolute Gasteiger partial charge is 0.255 e. The Balaban J connectivity index is 1.72. The van der Waals surface area contributed by atoms with Crippen molar-refractivity contribution in [3.05, 3.63) is 45.4 Å². The maximum absolute atomic E-state index is 13.1. The first-order valence-electron chi connectivity index (χ1n) is 8.15. The summed E-state index contributed by atoms with van der Waals surface area (Å²) in [5, 5.41) is 6.75. The number of rotatable bonds is 2. The van der Waals surface area contributed by atoms with E-state index in [1.54, 1.807) is 0 Å². The molecule has 7 nitrogen and oxygen atoms in total. The zero-order chi connectivity index (χ0) is 15.8. The second-order valence-corrected chi connectivity index (χ2v) is 6.24. The van der Waals surface area contributed by atoms with E-state index in [0.29, 0.717) is 12.1 Å². The van der Waals surface area contributed by atoms with E-state index in [2.05, 4.69) is 20.2 Å². The first kappa shape index (κ1) is 14.2. The van der Waals surface area contributed by atoms with Crippen LogP contribution in [0.1, 0.15) is 59.2 Å². The molecule has 1 amide bonds. The normalized spacial score (nSPS) is 20.5. The zero-order valence-corrected chi connectivity index (χ0v) is 12.8. The number of nitrogens with one attached hydrogen (secondary N) is 2. The molecule has 120 valence electrons. The molecule has 0 unspecified atom stereocenters. The topological polar surface area (TPSA) is 94.7 Å². The van der Waals surface area contributed by atoms with Gasteiger partial charge in [0.1, 0.15) is 12.2 Å². The van der Waals surface area contributed by atoms with Crippen molar-refractivity contribution in [3.8, 4) is 0 Å². The quantitative estimate of drug-likeness (QED) is 0.875. The van der Waals surface area contributed by atoms with Crippen LogP contribution >= 0.6 is 0 Å². The molecule has 2 N–H and O–H groups in total. The summed E-state index contributed by atoms with van der Waals surface area (Å²) >= 11 is 0. The first-order valence-corrected chi connectivity index (χ1v) is 8.15. The standard InChI is InChI=1S/C16H19N5O2/c22-14-8-11(10-4-1-2-5-12(10)19-14)16(23)21-7-3-6-13(21)15-17-9-18-20-15/h8-9,13H,1-7H2,(H,19,22)(H,17,18,20)/t13-/m0/s1. The van der Waals surface area contributed by atoms with Gasteiger partial charge in [0.15, 0.2) is 0 Å². The Hall–Kier alpha value is -2.44. The highest BCUT2D eigenvalue weighted by Crippen LogP contribution is 2.32. The number of amides is 1. The molecule has 1 aliphatic heterocycles. The number of nitrogens with zero attached hydrogens (tertiary/aromatic N) is 3. The lowest BCUT2D eigenvalue weighted by molar-refractivity contribution is 0.0728. The minimum absolute atomic E-state index is 0.0619. The molecule has 0 spiro atoms. The molecule has 2 aliphatic rings. The molecule has 0 aromatic carbocycles. The van der Waals surface area contributed by atoms with Gasteiger partial charge in [-0.25, -0.2) is 4.98 Å². The number of hydrogen-bond acceptors (Lipinski definition) is 4. The van der Waals surface area contributed by atoms with Crippen LogP contribution in [-0.4, -0.2) is 37.5 Å². The van der Waals surface area contributed by atoms with Crippen molar-refractivity contribution in [2.75, 3.05) is 6.54 Å². The van der Waals surface area contributed by atoms with Crippen molar-refractivity contribution in [1.82, 2.24) is 25.1 Å². The second-order valence-electron chi connectivity index (χ2n) is 6.24. The van der Waals surface area contributed by atoms with Gasteiger partial charge in [-0.05, 0) is 44.1 Å². The summed E-state index contributed by atoms with van der Waals surface area (Å²) in [5.74, 6) is 0.655. The van der Waals surface area contributed by atoms with Crippen molar-refractivity contribution in [1.29, 1.82) is 0 Å². The summed E-state index contributed by atoms with van der Waals surface area (Å²) in [4.78, 5) is 33.9. The second kappa shape index (κ2) is 5.64. The molecule has 1 saturated heterocycles. The number of carbonyl (C=O) groups is 1. The highest BCUT2D eigenvalue weighted by atomic mass is 16.2. The minimum Gasteiger partial charge on any atom is -0.328 e. The summed E-state index contributed by atoms with van der Waals surface area (Å²) in [6.07, 6.45) is 7.08. The predicted octanol–water partition coefficient (Wildman–Crippen LogP) is 1.35. The number of aryl methyl sites for hydroxylation is 1. The van der Waals surface area contributed by atoms with Gasteiger partial charge < -0.3 is 9.88 Å². The maximum atomic E-state index is 13.1. The molecular weight excluding hydrogens is 294 g/mol. The Labute approximate surface area is 133 Å². The number of fused-ring (bicyclic) bond motifs is 1. The Morgan fingerprint density at radius 3 is 2.96 bits per heavy atom. The molecule has 1 atom stereocenters. The summed E-state index contributed by atoms with van der Waals surface area (Å²) in [5.41, 5.74) is 2.32. The van der Waals surface area contributed by atoms with Gasteiger partial charge in [-0.2, -0.15) is 5.10 Å². The third-order valence-electron chi connectivity index (χ3n) is 4.84. The van der Waals surface area contributed by atoms with Crippen molar-refractivity contribution in [2.45, 2.75) is 44.6 Å². The minimum atomic E-state index is -0.190. The number of aromatic nitrogens is 4. The average Bonchev–Trinajstić information content (AvgIpc) is 3.24. The van der Waals surface area contributed by atoms with E-state index in [1.807, 2.05) is 4.90 Å². The number of pyridine rings is 1. The molecule has 2 aromatic rings. The number of likely N-dealkylation sites (tertiary alicyclic amines) is 1. The van der Waals surface area contributed by atoms with Crippen LogP contribution in [0.2, 0.25) is 0 Å². The SMILES string of the molecule is O=C(c1cc(=O)[nH]c2c1CCCC2)N1CCC[C@H]1c1ncn[nH]1. The van der Waals surface area contributed by atoms with E-state index in [-0.39, 0.29) is 17.5 Å². The Morgan fingerprint density at radius 2 is 2.13 bits per heavy atom. The van der Waals surface area contributed by atoms with Crippen molar-refractivity contribution in [3.63, 3.8) is 0 Å². The highest BCUT2D eigenvalue weighted by molar-refractivity contribution is 5.96. The van der Waals surface area contributed by atoms with Gasteiger partial charge in [0.25, 0.3) is 5.91 Å². The van der Waals surface area contributed by atoms with E-state index < -0.39 is 0 Å². The van der Waals surface area contributed by atoms with E-state index >= 15 is 0 Å². The molecule has 1 aliphatic carbocycles. The largest absolute Gasteiger partial charge is 0.328 e. The molecule has 4 rings (SSSR count). The van der Waals surface area contributed by atoms with Gasteiger partial charge in [0.05, 0.1) is 6.04 Å². The third kappa shape index (κ3) is 2.46. The molecule has 7 heteroatoms. The number of aromatic amines is 2. The lowest BCUT2D eigenvalue weighted by Crippen LogP contribution is -2.33. The van der Waals surface area contributed by atoms with Gasteiger partial charge in [-0.1, -0.05) is 0 Å². The van der Waals surface area contributed by atoms with Crippen LogP contribution in [0.15, 0.2) is 17.2 Å². The molecule has 23 heavy (non-hydrogen) atoms. The van der Waals surface area contributed by atoms with E-state index in [1.165, 1.54) is 12.4 Å². The molecule has 3 heterocycles. The predicted molar refractivity (Wildman–Crippen MR) is 83.1 cm³/mol. The lowest BCUT2D eigenvalue weighted by Gasteiger charge is -2.25. The van der Waals surface area contributed by atoms with E-state index in [4.69, 9.17) is 0 Å². The molecular formula is C16H19N5O2. The number of H-pyrrole nitrogens is 2. The molecule has 0 bridgehead atoms. The molecule has 0 saturated carbocycles. The van der Waals surface area contributed by atoms with Crippen LogP contribution in [-0.2, 0) is 12.8 Å². The van der Waals surface area contributed by atoms with Crippen molar-refractivity contribution in [2.24, 2.45) is 0 Å². The third-order valence-corrected chi connectivity index (χ3v) is 4.84. The van der Waals surface area contributed by atoms with E-state index in [9.17, 15) is 9.59 Å². The fraction of sp³-hybridized carbons (Fsp3) is 0.500. The van der Waals surface area contributed by atoms with Crippen molar-refractivity contribution >= 4 is 5.91 Å². The van der Waals surface area contributed by atoms with Gasteiger partial charge in [-0.15, -0.1) is 0 Å². The van der Waals surface area contributed by atoms with Crippen LogP contribution < -0.4 is 5.56 Å². The summed E-state index contributed by atoms with van der Waals surface area (Å²) in [6, 6.07) is 1.38. The fourth-order valence-electron chi connectivity index (χ4n) is 3.76. The number of hydrogen-bond donors (Lipinski definition) is 2. The Morgan fingerprint density at radius 1 is 1.26 bits per heavy atom. The van der Waals surface area contributed by atoms with Crippen molar-refractivity contribution < 1.29 is 4.79 Å². The van der Waals surface area contributed by atoms with Gasteiger partial charge in [0, 0.05) is 23.9 Å². The summed E-state index contributed by atoms with van der Waals surface area (Å²) in [6.45, 7) is 0.686. The maximum Gasteiger partial charge on any atom is 0.255 e. The van der Waals surface area contributed by atoms with Crippen LogP contribution in [0.5, 0.6) is 0 Å². The number of carbonyl (C=O) groups excluding carboxylic acids is 1. The molecule has 1 fully saturated rings. The van der Waals surface area contributed by atoms with Gasteiger partial charge >= 0.3 is 0 Å².